The Bertz CT molecular complexity index is 359. The molecule has 0 radical (unpaired) electrons. The number of rotatable bonds is 3. The third-order valence-electron chi connectivity index (χ3n) is 2.74. The lowest BCUT2D eigenvalue weighted by molar-refractivity contribution is 0.0760. The molecule has 1 aliphatic rings. The highest BCUT2D eigenvalue weighted by Crippen LogP contribution is 2.35. The molecule has 2 nitrogen and oxygen atoms in total. The summed E-state index contributed by atoms with van der Waals surface area (Å²) in [5.41, 5.74) is 0.738. The van der Waals surface area contributed by atoms with Crippen LogP contribution in [0.1, 0.15) is 31.9 Å². The number of aliphatic hydroxyl groups is 1. The average Bonchev–Trinajstić information content (AvgIpc) is 2.25. The van der Waals surface area contributed by atoms with Gasteiger partial charge in [0.25, 0.3) is 0 Å². The van der Waals surface area contributed by atoms with Crippen molar-refractivity contribution < 1.29 is 5.11 Å². The zero-order chi connectivity index (χ0) is 11.6. The van der Waals surface area contributed by atoms with E-state index in [0.717, 1.165) is 12.2 Å². The van der Waals surface area contributed by atoms with Gasteiger partial charge in [0.1, 0.15) is 0 Å². The zero-order valence-electron chi connectivity index (χ0n) is 9.86. The first kappa shape index (κ1) is 12.0. The van der Waals surface area contributed by atoms with E-state index in [2.05, 4.69) is 29.6 Å². The van der Waals surface area contributed by atoms with Crippen LogP contribution in [0.2, 0.25) is 0 Å². The first-order valence-electron chi connectivity index (χ1n) is 5.74. The molecule has 0 saturated heterocycles. The molecule has 1 unspecified atom stereocenters. The van der Waals surface area contributed by atoms with Crippen molar-refractivity contribution >= 4 is 11.8 Å². The topological polar surface area (TPSA) is 32.3 Å². The fourth-order valence-corrected chi connectivity index (χ4v) is 3.05. The van der Waals surface area contributed by atoms with Crippen LogP contribution in [-0.4, -0.2) is 23.0 Å². The highest BCUT2D eigenvalue weighted by Gasteiger charge is 2.22. The summed E-state index contributed by atoms with van der Waals surface area (Å²) >= 11 is 1.92. The minimum Gasteiger partial charge on any atom is -0.389 e. The molecule has 1 aromatic carbocycles. The van der Waals surface area contributed by atoms with E-state index in [0.29, 0.717) is 12.6 Å². The van der Waals surface area contributed by atoms with Crippen LogP contribution in [0, 0.1) is 0 Å². The van der Waals surface area contributed by atoms with Gasteiger partial charge in [-0.2, -0.15) is 0 Å². The van der Waals surface area contributed by atoms with Crippen molar-refractivity contribution in [2.45, 2.75) is 36.8 Å². The molecule has 0 spiro atoms. The van der Waals surface area contributed by atoms with Gasteiger partial charge in [-0.15, -0.1) is 11.8 Å². The maximum absolute atomic E-state index is 9.73. The molecule has 1 aliphatic heterocycles. The van der Waals surface area contributed by atoms with Crippen LogP contribution in [0.15, 0.2) is 29.2 Å². The lowest BCUT2D eigenvalue weighted by atomic mass is 10.0. The van der Waals surface area contributed by atoms with E-state index in [9.17, 15) is 5.11 Å². The molecule has 16 heavy (non-hydrogen) atoms. The molecule has 1 aromatic rings. The summed E-state index contributed by atoms with van der Waals surface area (Å²) < 4.78 is 0. The van der Waals surface area contributed by atoms with Gasteiger partial charge >= 0.3 is 0 Å². The molecule has 0 aromatic heterocycles. The summed E-state index contributed by atoms with van der Waals surface area (Å²) in [6.07, 6.45) is 1.14. The molecule has 1 heterocycles. The van der Waals surface area contributed by atoms with Crippen LogP contribution in [0.5, 0.6) is 0 Å². The van der Waals surface area contributed by atoms with Crippen molar-refractivity contribution in [1.29, 1.82) is 0 Å². The van der Waals surface area contributed by atoms with Crippen LogP contribution < -0.4 is 5.32 Å². The second kappa shape index (κ2) is 4.78. The predicted octanol–water partition coefficient (Wildman–Crippen LogP) is 2.58. The van der Waals surface area contributed by atoms with Crippen molar-refractivity contribution in [3.63, 3.8) is 0 Å². The third kappa shape index (κ3) is 3.00. The Morgan fingerprint density at radius 3 is 2.94 bits per heavy atom. The summed E-state index contributed by atoms with van der Waals surface area (Å²) in [6, 6.07) is 8.93. The van der Waals surface area contributed by atoms with Crippen molar-refractivity contribution in [3.8, 4) is 0 Å². The maximum Gasteiger partial charge on any atom is 0.0715 e. The van der Waals surface area contributed by atoms with Crippen LogP contribution in [0.3, 0.4) is 0 Å². The minimum atomic E-state index is -0.639. The number of hydrogen-bond donors (Lipinski definition) is 2. The molecule has 3 heteroatoms. The molecule has 0 saturated carbocycles. The Labute approximate surface area is 101 Å². The summed E-state index contributed by atoms with van der Waals surface area (Å²) in [4.78, 5) is 1.38. The monoisotopic (exact) mass is 237 g/mol. The molecule has 0 bridgehead atoms. The van der Waals surface area contributed by atoms with Gasteiger partial charge in [0, 0.05) is 17.5 Å². The summed E-state index contributed by atoms with van der Waals surface area (Å²) in [5, 5.41) is 13.2. The highest BCUT2D eigenvalue weighted by molar-refractivity contribution is 7.99. The van der Waals surface area contributed by atoms with Crippen molar-refractivity contribution in [2.75, 3.05) is 12.3 Å². The molecule has 1 atom stereocenters. The molecule has 88 valence electrons. The summed E-state index contributed by atoms with van der Waals surface area (Å²) in [7, 11) is 0. The predicted molar refractivity (Wildman–Crippen MR) is 68.8 cm³/mol. The van der Waals surface area contributed by atoms with Gasteiger partial charge in [-0.05, 0) is 37.7 Å². The first-order chi connectivity index (χ1) is 7.56. The Morgan fingerprint density at radius 2 is 2.19 bits per heavy atom. The number of nitrogens with one attached hydrogen (secondary N) is 1. The van der Waals surface area contributed by atoms with E-state index in [-0.39, 0.29) is 0 Å². The van der Waals surface area contributed by atoms with Gasteiger partial charge in [0.15, 0.2) is 0 Å². The van der Waals surface area contributed by atoms with Crippen molar-refractivity contribution in [2.24, 2.45) is 0 Å². The maximum atomic E-state index is 9.73. The number of thioether (sulfide) groups is 1. The lowest BCUT2D eigenvalue weighted by Gasteiger charge is -2.28. The van der Waals surface area contributed by atoms with E-state index in [4.69, 9.17) is 0 Å². The summed E-state index contributed by atoms with van der Waals surface area (Å²) in [6.45, 7) is 4.31. The fourth-order valence-electron chi connectivity index (χ4n) is 1.93. The average molecular weight is 237 g/mol. The van der Waals surface area contributed by atoms with Gasteiger partial charge in [-0.1, -0.05) is 18.2 Å². The molecule has 2 N–H and O–H groups in total. The number of fused-ring (bicyclic) bond motifs is 1. The van der Waals surface area contributed by atoms with Crippen LogP contribution >= 0.6 is 11.8 Å². The van der Waals surface area contributed by atoms with Gasteiger partial charge < -0.3 is 10.4 Å². The Balaban J connectivity index is 2.07. The normalized spacial score (nSPS) is 20.6. The van der Waals surface area contributed by atoms with E-state index >= 15 is 0 Å². The van der Waals surface area contributed by atoms with Crippen molar-refractivity contribution in [1.82, 2.24) is 5.32 Å². The zero-order valence-corrected chi connectivity index (χ0v) is 10.7. The minimum absolute atomic E-state index is 0.392. The number of hydrogen-bond acceptors (Lipinski definition) is 3. The number of benzene rings is 1. The molecule has 2 rings (SSSR count). The lowest BCUT2D eigenvalue weighted by Crippen LogP contribution is -2.37. The standard InChI is InChI=1S/C13H19NOS/c1-13(2,15)9-14-11-7-8-16-12-6-4-3-5-10(11)12/h3-6,11,14-15H,7-9H2,1-2H3. The molecule has 0 fully saturated rings. The third-order valence-corrected chi connectivity index (χ3v) is 3.86. The quantitative estimate of drug-likeness (QED) is 0.847. The van der Waals surface area contributed by atoms with Gasteiger partial charge in [0.05, 0.1) is 5.60 Å². The molecular formula is C13H19NOS. The van der Waals surface area contributed by atoms with E-state index < -0.39 is 5.60 Å². The van der Waals surface area contributed by atoms with Crippen LogP contribution in [0.4, 0.5) is 0 Å². The van der Waals surface area contributed by atoms with E-state index in [1.165, 1.54) is 10.5 Å². The molecule has 0 amide bonds. The van der Waals surface area contributed by atoms with Crippen molar-refractivity contribution in [3.05, 3.63) is 29.8 Å². The fraction of sp³-hybridized carbons (Fsp3) is 0.538. The Hall–Kier alpha value is -0.510. The van der Waals surface area contributed by atoms with Gasteiger partial charge in [-0.3, -0.25) is 0 Å². The van der Waals surface area contributed by atoms with Crippen LogP contribution in [-0.2, 0) is 0 Å². The summed E-state index contributed by atoms with van der Waals surface area (Å²) in [5.74, 6) is 1.15. The van der Waals surface area contributed by atoms with E-state index in [1.54, 1.807) is 0 Å². The second-order valence-electron chi connectivity index (χ2n) is 4.92. The smallest absolute Gasteiger partial charge is 0.0715 e. The Morgan fingerprint density at radius 1 is 1.44 bits per heavy atom. The second-order valence-corrected chi connectivity index (χ2v) is 6.06. The van der Waals surface area contributed by atoms with Crippen LogP contribution in [0.25, 0.3) is 0 Å². The SMILES string of the molecule is CC(C)(O)CNC1CCSc2ccccc21. The molecular weight excluding hydrogens is 218 g/mol. The first-order valence-corrected chi connectivity index (χ1v) is 6.72. The van der Waals surface area contributed by atoms with Gasteiger partial charge in [0.2, 0.25) is 0 Å². The highest BCUT2D eigenvalue weighted by atomic mass is 32.2. The van der Waals surface area contributed by atoms with Gasteiger partial charge in [-0.25, -0.2) is 0 Å². The Kier molecular flexibility index (Phi) is 3.57. The molecule has 0 aliphatic carbocycles. The van der Waals surface area contributed by atoms with E-state index in [1.807, 2.05) is 25.6 Å². The largest absolute Gasteiger partial charge is 0.389 e.